The second-order valence-corrected chi connectivity index (χ2v) is 5.21. The van der Waals surface area contributed by atoms with Crippen molar-refractivity contribution in [1.29, 1.82) is 0 Å². The van der Waals surface area contributed by atoms with Gasteiger partial charge in [-0.15, -0.1) is 11.3 Å². The van der Waals surface area contributed by atoms with E-state index in [2.05, 4.69) is 9.97 Å². The molecule has 0 radical (unpaired) electrons. The molecule has 19 heavy (non-hydrogen) atoms. The Morgan fingerprint density at radius 2 is 2.16 bits per heavy atom. The van der Waals surface area contributed by atoms with Crippen LogP contribution in [0.2, 0.25) is 5.02 Å². The molecule has 2 aromatic heterocycles. The zero-order chi connectivity index (χ0) is 13.4. The van der Waals surface area contributed by atoms with E-state index in [0.717, 1.165) is 4.88 Å². The average Bonchev–Trinajstić information content (AvgIpc) is 2.91. The molecule has 0 spiro atoms. The summed E-state index contributed by atoms with van der Waals surface area (Å²) in [5.74, 6) is -1.000. The third kappa shape index (κ3) is 2.18. The van der Waals surface area contributed by atoms with Gasteiger partial charge in [0.05, 0.1) is 27.2 Å². The van der Waals surface area contributed by atoms with Crippen molar-refractivity contribution >= 4 is 39.8 Å². The van der Waals surface area contributed by atoms with Gasteiger partial charge in [-0.1, -0.05) is 11.6 Å². The number of thiazole rings is 1. The van der Waals surface area contributed by atoms with Crippen molar-refractivity contribution in [3.8, 4) is 10.6 Å². The van der Waals surface area contributed by atoms with Gasteiger partial charge in [-0.2, -0.15) is 0 Å². The maximum absolute atomic E-state index is 11.4. The predicted molar refractivity (Wildman–Crippen MR) is 74.8 cm³/mol. The molecule has 1 N–H and O–H groups in total. The van der Waals surface area contributed by atoms with E-state index in [1.54, 1.807) is 36.0 Å². The third-order valence-corrected chi connectivity index (χ3v) is 3.72. The van der Waals surface area contributed by atoms with Gasteiger partial charge >= 0.3 is 5.97 Å². The molecular formula is C13H7ClN2O2S. The minimum atomic E-state index is -1.000. The monoisotopic (exact) mass is 290 g/mol. The van der Waals surface area contributed by atoms with Crippen LogP contribution in [0.15, 0.2) is 36.0 Å². The van der Waals surface area contributed by atoms with E-state index in [0.29, 0.717) is 21.6 Å². The Hall–Kier alpha value is -1.98. The highest BCUT2D eigenvalue weighted by Crippen LogP contribution is 2.28. The van der Waals surface area contributed by atoms with Crippen molar-refractivity contribution in [3.63, 3.8) is 0 Å². The molecule has 3 rings (SSSR count). The van der Waals surface area contributed by atoms with Crippen LogP contribution < -0.4 is 0 Å². The molecule has 0 fully saturated rings. The molecule has 0 bridgehead atoms. The number of nitrogens with zero attached hydrogens (tertiary/aromatic N) is 2. The number of carboxylic acid groups (broad SMARTS) is 1. The second kappa shape index (κ2) is 4.60. The van der Waals surface area contributed by atoms with Crippen LogP contribution in [0.25, 0.3) is 21.5 Å². The Labute approximate surface area is 117 Å². The van der Waals surface area contributed by atoms with Crippen LogP contribution in [0, 0.1) is 0 Å². The molecule has 0 unspecified atom stereocenters. The molecule has 1 aromatic carbocycles. The Bertz CT molecular complexity index is 772. The fourth-order valence-electron chi connectivity index (χ4n) is 1.84. The van der Waals surface area contributed by atoms with Crippen molar-refractivity contribution < 1.29 is 9.90 Å². The largest absolute Gasteiger partial charge is 0.478 e. The van der Waals surface area contributed by atoms with E-state index in [4.69, 9.17) is 11.6 Å². The molecule has 0 amide bonds. The smallest absolute Gasteiger partial charge is 0.336 e. The number of benzene rings is 1. The van der Waals surface area contributed by atoms with Crippen molar-refractivity contribution in [2.75, 3.05) is 0 Å². The molecule has 4 nitrogen and oxygen atoms in total. The average molecular weight is 291 g/mol. The van der Waals surface area contributed by atoms with Crippen molar-refractivity contribution in [3.05, 3.63) is 46.6 Å². The molecule has 94 valence electrons. The van der Waals surface area contributed by atoms with Crippen LogP contribution in [0.3, 0.4) is 0 Å². The molecule has 6 heteroatoms. The van der Waals surface area contributed by atoms with E-state index in [1.165, 1.54) is 11.3 Å². The summed E-state index contributed by atoms with van der Waals surface area (Å²) in [6.07, 6.45) is 1.67. The number of carboxylic acids is 1. The molecule has 0 aliphatic carbocycles. The van der Waals surface area contributed by atoms with E-state index in [1.807, 2.05) is 0 Å². The van der Waals surface area contributed by atoms with Crippen LogP contribution in [0.1, 0.15) is 10.4 Å². The van der Waals surface area contributed by atoms with Crippen LogP contribution in [0.5, 0.6) is 0 Å². The first-order valence-corrected chi connectivity index (χ1v) is 6.63. The van der Waals surface area contributed by atoms with Gasteiger partial charge in [0.15, 0.2) is 0 Å². The number of aromatic nitrogens is 2. The van der Waals surface area contributed by atoms with Gasteiger partial charge in [-0.3, -0.25) is 4.98 Å². The van der Waals surface area contributed by atoms with Crippen molar-refractivity contribution in [1.82, 2.24) is 9.97 Å². The minimum Gasteiger partial charge on any atom is -0.478 e. The predicted octanol–water partition coefficient (Wildman–Crippen LogP) is 3.71. The number of hydrogen-bond acceptors (Lipinski definition) is 4. The van der Waals surface area contributed by atoms with Gasteiger partial charge in [0.25, 0.3) is 0 Å². The lowest BCUT2D eigenvalue weighted by Gasteiger charge is -2.05. The molecule has 0 atom stereocenters. The van der Waals surface area contributed by atoms with E-state index < -0.39 is 5.97 Å². The summed E-state index contributed by atoms with van der Waals surface area (Å²) < 4.78 is 0. The summed E-state index contributed by atoms with van der Waals surface area (Å²) in [5.41, 5.74) is 3.09. The lowest BCUT2D eigenvalue weighted by molar-refractivity contribution is 0.0699. The summed E-state index contributed by atoms with van der Waals surface area (Å²) in [6.45, 7) is 0. The van der Waals surface area contributed by atoms with Gasteiger partial charge in [0.1, 0.15) is 0 Å². The normalized spacial score (nSPS) is 10.8. The van der Waals surface area contributed by atoms with Gasteiger partial charge in [0.2, 0.25) is 0 Å². The van der Waals surface area contributed by atoms with Gasteiger partial charge < -0.3 is 5.11 Å². The molecular weight excluding hydrogens is 284 g/mol. The zero-order valence-electron chi connectivity index (χ0n) is 9.50. The molecule has 2 heterocycles. The van der Waals surface area contributed by atoms with Crippen molar-refractivity contribution in [2.24, 2.45) is 0 Å². The second-order valence-electron chi connectivity index (χ2n) is 3.89. The maximum atomic E-state index is 11.4. The Kier molecular flexibility index (Phi) is 2.93. The van der Waals surface area contributed by atoms with Crippen LogP contribution in [-0.2, 0) is 0 Å². The summed E-state index contributed by atoms with van der Waals surface area (Å²) in [7, 11) is 0. The number of aromatic carboxylic acids is 1. The summed E-state index contributed by atoms with van der Waals surface area (Å²) in [5, 5.41) is 10.3. The molecule has 0 aliphatic heterocycles. The Balaban J connectivity index is 2.34. The number of rotatable bonds is 2. The lowest BCUT2D eigenvalue weighted by Crippen LogP contribution is -2.00. The Morgan fingerprint density at radius 3 is 2.84 bits per heavy atom. The zero-order valence-corrected chi connectivity index (χ0v) is 11.1. The molecule has 0 saturated carbocycles. The van der Waals surface area contributed by atoms with Crippen molar-refractivity contribution in [2.45, 2.75) is 0 Å². The Morgan fingerprint density at radius 1 is 1.32 bits per heavy atom. The topological polar surface area (TPSA) is 63.1 Å². The molecule has 0 aliphatic rings. The van der Waals surface area contributed by atoms with Gasteiger partial charge in [0, 0.05) is 16.6 Å². The maximum Gasteiger partial charge on any atom is 0.336 e. The summed E-state index contributed by atoms with van der Waals surface area (Å²) >= 11 is 7.32. The van der Waals surface area contributed by atoms with E-state index >= 15 is 0 Å². The number of halogens is 1. The summed E-state index contributed by atoms with van der Waals surface area (Å²) in [4.78, 5) is 20.6. The minimum absolute atomic E-state index is 0.191. The van der Waals surface area contributed by atoms with Crippen LogP contribution >= 0.6 is 22.9 Å². The fourth-order valence-corrected chi connectivity index (χ4v) is 2.60. The number of pyridine rings is 1. The molecule has 0 saturated heterocycles. The quantitative estimate of drug-likeness (QED) is 0.781. The number of carbonyl (C=O) groups is 1. The fraction of sp³-hybridized carbons (Fsp3) is 0. The highest BCUT2D eigenvalue weighted by atomic mass is 35.5. The van der Waals surface area contributed by atoms with Gasteiger partial charge in [-0.05, 0) is 24.3 Å². The summed E-state index contributed by atoms with van der Waals surface area (Å²) in [6, 6.07) is 6.58. The SMILES string of the molecule is O=C(O)c1cc(-c2cncs2)nc2ccc(Cl)cc12. The third-order valence-electron chi connectivity index (χ3n) is 2.69. The first-order chi connectivity index (χ1) is 9.15. The highest BCUT2D eigenvalue weighted by Gasteiger charge is 2.13. The standard InChI is InChI=1S/C13H7ClN2O2S/c14-7-1-2-10-8(3-7)9(13(17)18)4-11(16-10)12-5-15-6-19-12/h1-6H,(H,17,18). The van der Waals surface area contributed by atoms with Gasteiger partial charge in [-0.25, -0.2) is 9.78 Å². The number of hydrogen-bond donors (Lipinski definition) is 1. The van der Waals surface area contributed by atoms with Crippen LogP contribution in [-0.4, -0.2) is 21.0 Å². The first kappa shape index (κ1) is 12.1. The lowest BCUT2D eigenvalue weighted by atomic mass is 10.1. The first-order valence-electron chi connectivity index (χ1n) is 5.37. The number of fused-ring (bicyclic) bond motifs is 1. The molecule has 3 aromatic rings. The van der Waals surface area contributed by atoms with E-state index in [9.17, 15) is 9.90 Å². The highest BCUT2D eigenvalue weighted by molar-refractivity contribution is 7.13. The van der Waals surface area contributed by atoms with Crippen LogP contribution in [0.4, 0.5) is 0 Å². The van der Waals surface area contributed by atoms with E-state index in [-0.39, 0.29) is 5.56 Å².